The first-order valence-electron chi connectivity index (χ1n) is 7.90. The van der Waals surface area contributed by atoms with Gasteiger partial charge in [-0.25, -0.2) is 8.78 Å². The van der Waals surface area contributed by atoms with Gasteiger partial charge in [-0.1, -0.05) is 41.6 Å². The molecule has 6 heteroatoms. The standard InChI is InChI=1S/C18H19ClF2N2S/c19-13-5-7-14(8-6-13)24-16-4-2-1-3-15(16)17(18(20)21)23-11-9-22-10-12-23/h1-8,17-18,22H,9-12H2/t17-/m1/s1. The first-order chi connectivity index (χ1) is 11.6. The Kier molecular flexibility index (Phi) is 6.11. The van der Waals surface area contributed by atoms with Crippen molar-refractivity contribution in [2.75, 3.05) is 26.2 Å². The molecule has 0 saturated carbocycles. The van der Waals surface area contributed by atoms with E-state index in [0.717, 1.165) is 22.9 Å². The lowest BCUT2D eigenvalue weighted by Gasteiger charge is -2.35. The number of benzene rings is 2. The summed E-state index contributed by atoms with van der Waals surface area (Å²) < 4.78 is 27.7. The molecule has 3 rings (SSSR count). The topological polar surface area (TPSA) is 15.3 Å². The second-order valence-electron chi connectivity index (χ2n) is 5.66. The van der Waals surface area contributed by atoms with E-state index in [9.17, 15) is 8.78 Å². The zero-order chi connectivity index (χ0) is 16.9. The van der Waals surface area contributed by atoms with Crippen molar-refractivity contribution in [2.24, 2.45) is 0 Å². The van der Waals surface area contributed by atoms with Crippen molar-refractivity contribution < 1.29 is 8.78 Å². The third-order valence-electron chi connectivity index (χ3n) is 4.06. The lowest BCUT2D eigenvalue weighted by molar-refractivity contribution is 0.0169. The molecule has 1 aliphatic heterocycles. The summed E-state index contributed by atoms with van der Waals surface area (Å²) in [5.41, 5.74) is 0.689. The van der Waals surface area contributed by atoms with Gasteiger partial charge in [-0.15, -0.1) is 0 Å². The number of halogens is 3. The average molecular weight is 369 g/mol. The van der Waals surface area contributed by atoms with Crippen LogP contribution in [0.5, 0.6) is 0 Å². The van der Waals surface area contributed by atoms with Crippen molar-refractivity contribution in [3.8, 4) is 0 Å². The maximum absolute atomic E-state index is 13.9. The predicted molar refractivity (Wildman–Crippen MR) is 95.2 cm³/mol. The van der Waals surface area contributed by atoms with E-state index in [1.807, 2.05) is 53.4 Å². The molecule has 24 heavy (non-hydrogen) atoms. The molecule has 0 spiro atoms. The molecule has 1 N–H and O–H groups in total. The van der Waals surface area contributed by atoms with Crippen LogP contribution in [0.15, 0.2) is 58.3 Å². The smallest absolute Gasteiger partial charge is 0.258 e. The van der Waals surface area contributed by atoms with Crippen LogP contribution in [0.3, 0.4) is 0 Å². The van der Waals surface area contributed by atoms with Gasteiger partial charge in [0.15, 0.2) is 0 Å². The fraction of sp³-hybridized carbons (Fsp3) is 0.333. The van der Waals surface area contributed by atoms with E-state index in [0.29, 0.717) is 23.7 Å². The van der Waals surface area contributed by atoms with Gasteiger partial charge in [-0.3, -0.25) is 4.90 Å². The largest absolute Gasteiger partial charge is 0.314 e. The Labute approximate surface area is 150 Å². The Morgan fingerprint density at radius 1 is 1.00 bits per heavy atom. The summed E-state index contributed by atoms with van der Waals surface area (Å²) in [4.78, 5) is 3.73. The van der Waals surface area contributed by atoms with E-state index < -0.39 is 12.5 Å². The SMILES string of the molecule is FC(F)[C@@H](c1ccccc1Sc1ccc(Cl)cc1)N1CCNCC1. The van der Waals surface area contributed by atoms with Crippen LogP contribution in [-0.4, -0.2) is 37.5 Å². The Balaban J connectivity index is 1.89. The molecule has 1 aliphatic rings. The number of nitrogens with one attached hydrogen (secondary N) is 1. The van der Waals surface area contributed by atoms with E-state index in [-0.39, 0.29) is 0 Å². The van der Waals surface area contributed by atoms with Crippen LogP contribution in [0.2, 0.25) is 5.02 Å². The van der Waals surface area contributed by atoms with Gasteiger partial charge < -0.3 is 5.32 Å². The molecule has 128 valence electrons. The molecule has 0 aromatic heterocycles. The molecule has 1 atom stereocenters. The number of hydrogen-bond donors (Lipinski definition) is 1. The van der Waals surface area contributed by atoms with Gasteiger partial charge in [0.25, 0.3) is 6.43 Å². The summed E-state index contributed by atoms with van der Waals surface area (Å²) in [5.74, 6) is 0. The molecule has 1 fully saturated rings. The molecule has 0 amide bonds. The van der Waals surface area contributed by atoms with Crippen molar-refractivity contribution in [2.45, 2.75) is 22.3 Å². The van der Waals surface area contributed by atoms with E-state index in [2.05, 4.69) is 5.32 Å². The van der Waals surface area contributed by atoms with E-state index in [4.69, 9.17) is 11.6 Å². The maximum Gasteiger partial charge on any atom is 0.258 e. The van der Waals surface area contributed by atoms with Crippen molar-refractivity contribution >= 4 is 23.4 Å². The van der Waals surface area contributed by atoms with Crippen LogP contribution < -0.4 is 5.32 Å². The number of alkyl halides is 2. The Morgan fingerprint density at radius 2 is 1.67 bits per heavy atom. The second-order valence-corrected chi connectivity index (χ2v) is 7.21. The van der Waals surface area contributed by atoms with E-state index in [1.54, 1.807) is 0 Å². The third-order valence-corrected chi connectivity index (χ3v) is 5.41. The average Bonchev–Trinajstić information content (AvgIpc) is 2.59. The molecule has 0 aliphatic carbocycles. The van der Waals surface area contributed by atoms with Gasteiger partial charge in [-0.05, 0) is 35.9 Å². The van der Waals surface area contributed by atoms with Crippen LogP contribution in [0.4, 0.5) is 8.78 Å². The van der Waals surface area contributed by atoms with Crippen molar-refractivity contribution in [3.05, 3.63) is 59.1 Å². The van der Waals surface area contributed by atoms with E-state index >= 15 is 0 Å². The quantitative estimate of drug-likeness (QED) is 0.823. The molecule has 1 heterocycles. The fourth-order valence-electron chi connectivity index (χ4n) is 2.90. The van der Waals surface area contributed by atoms with Gasteiger partial charge >= 0.3 is 0 Å². The Hall–Kier alpha value is -1.14. The summed E-state index contributed by atoms with van der Waals surface area (Å²) in [6, 6.07) is 14.0. The van der Waals surface area contributed by atoms with Gasteiger partial charge in [0.1, 0.15) is 0 Å². The fourth-order valence-corrected chi connectivity index (χ4v) is 4.00. The van der Waals surface area contributed by atoms with Crippen LogP contribution in [0.1, 0.15) is 11.6 Å². The molecule has 2 aromatic rings. The van der Waals surface area contributed by atoms with Crippen LogP contribution in [0.25, 0.3) is 0 Å². The second kappa shape index (κ2) is 8.30. The number of piperazine rings is 1. The summed E-state index contributed by atoms with van der Waals surface area (Å²) in [5, 5.41) is 3.88. The number of hydrogen-bond acceptors (Lipinski definition) is 3. The normalized spacial score (nSPS) is 17.2. The molecule has 2 aromatic carbocycles. The lowest BCUT2D eigenvalue weighted by atomic mass is 10.0. The first kappa shape index (κ1) is 17.7. The number of nitrogens with zero attached hydrogens (tertiary/aromatic N) is 1. The molecule has 0 radical (unpaired) electrons. The zero-order valence-electron chi connectivity index (χ0n) is 13.1. The Bertz CT molecular complexity index is 660. The molecule has 2 nitrogen and oxygen atoms in total. The van der Waals surface area contributed by atoms with Crippen LogP contribution >= 0.6 is 23.4 Å². The minimum absolute atomic E-state index is 0.634. The highest BCUT2D eigenvalue weighted by Gasteiger charge is 2.31. The van der Waals surface area contributed by atoms with Crippen molar-refractivity contribution in [3.63, 3.8) is 0 Å². The van der Waals surface area contributed by atoms with Gasteiger partial charge in [0.05, 0.1) is 6.04 Å². The van der Waals surface area contributed by atoms with Crippen molar-refractivity contribution in [1.29, 1.82) is 0 Å². The summed E-state index contributed by atoms with van der Waals surface area (Å²) in [6.45, 7) is 2.76. The van der Waals surface area contributed by atoms with Crippen molar-refractivity contribution in [1.82, 2.24) is 10.2 Å². The zero-order valence-corrected chi connectivity index (χ0v) is 14.7. The highest BCUT2D eigenvalue weighted by Crippen LogP contribution is 2.38. The third kappa shape index (κ3) is 4.28. The van der Waals surface area contributed by atoms with Gasteiger partial charge in [0.2, 0.25) is 0 Å². The molecule has 1 saturated heterocycles. The van der Waals surface area contributed by atoms with Gasteiger partial charge in [0, 0.05) is 41.0 Å². The highest BCUT2D eigenvalue weighted by molar-refractivity contribution is 7.99. The molecular weight excluding hydrogens is 350 g/mol. The minimum Gasteiger partial charge on any atom is -0.314 e. The first-order valence-corrected chi connectivity index (χ1v) is 9.10. The van der Waals surface area contributed by atoms with Crippen LogP contribution in [-0.2, 0) is 0 Å². The lowest BCUT2D eigenvalue weighted by Crippen LogP contribution is -2.47. The predicted octanol–water partition coefficient (Wildman–Crippen LogP) is 4.70. The summed E-state index contributed by atoms with van der Waals surface area (Å²) in [6.07, 6.45) is -2.42. The molecule has 0 unspecified atom stereocenters. The van der Waals surface area contributed by atoms with E-state index in [1.165, 1.54) is 11.8 Å². The monoisotopic (exact) mass is 368 g/mol. The summed E-state index contributed by atoms with van der Waals surface area (Å²) >= 11 is 7.42. The summed E-state index contributed by atoms with van der Waals surface area (Å²) in [7, 11) is 0. The molecule has 0 bridgehead atoms. The highest BCUT2D eigenvalue weighted by atomic mass is 35.5. The van der Waals surface area contributed by atoms with Crippen LogP contribution in [0, 0.1) is 0 Å². The maximum atomic E-state index is 13.9. The molecular formula is C18H19ClF2N2S. The minimum atomic E-state index is -2.42. The number of rotatable bonds is 5. The Morgan fingerprint density at radius 3 is 2.33 bits per heavy atom. The van der Waals surface area contributed by atoms with Gasteiger partial charge in [-0.2, -0.15) is 0 Å².